The smallest absolute Gasteiger partial charge is 0.418 e. The van der Waals surface area contributed by atoms with E-state index in [0.29, 0.717) is 23.8 Å². The van der Waals surface area contributed by atoms with E-state index >= 15 is 0 Å². The van der Waals surface area contributed by atoms with Crippen LogP contribution in [0.25, 0.3) is 10.9 Å². The van der Waals surface area contributed by atoms with Gasteiger partial charge < -0.3 is 20.3 Å². The first kappa shape index (κ1) is 19.4. The number of amides is 2. The number of pyridine rings is 2. The lowest BCUT2D eigenvalue weighted by Gasteiger charge is -2.44. The Balaban J connectivity index is 1.48. The Hall–Kier alpha value is -3.89. The second kappa shape index (κ2) is 8.10. The highest BCUT2D eigenvalue weighted by molar-refractivity contribution is 6.08. The molecule has 2 N–H and O–H groups in total. The van der Waals surface area contributed by atoms with Crippen LogP contribution >= 0.6 is 0 Å². The van der Waals surface area contributed by atoms with E-state index in [1.807, 2.05) is 0 Å². The molecule has 182 valence electrons. The molecule has 0 radical (unpaired) electrons. The molecule has 1 aliphatic heterocycles. The van der Waals surface area contributed by atoms with E-state index in [2.05, 4.69) is 25.3 Å². The summed E-state index contributed by atoms with van der Waals surface area (Å²) in [5.41, 5.74) is -1.63. The number of halogens is 3. The first-order chi connectivity index (χ1) is 17.8. The number of carbonyl (C=O) groups excluding carboxylic acids is 2. The molecule has 1 aliphatic carbocycles. The minimum Gasteiger partial charge on any atom is -0.453 e. The van der Waals surface area contributed by atoms with Gasteiger partial charge in [-0.3, -0.25) is 4.79 Å². The average molecular weight is 488 g/mol. The van der Waals surface area contributed by atoms with Crippen molar-refractivity contribution < 1.29 is 31.6 Å². The summed E-state index contributed by atoms with van der Waals surface area (Å²) in [6.07, 6.45) is -3.35. The number of alkyl halides is 3. The van der Waals surface area contributed by atoms with Gasteiger partial charge in [0.05, 0.1) is 35.5 Å². The van der Waals surface area contributed by atoms with Crippen molar-refractivity contribution >= 4 is 40.2 Å². The monoisotopic (exact) mass is 488 g/mol. The lowest BCUT2D eigenvalue weighted by Crippen LogP contribution is -2.51. The van der Waals surface area contributed by atoms with Gasteiger partial charge in [-0.2, -0.15) is 13.2 Å². The van der Waals surface area contributed by atoms with Crippen LogP contribution in [0.5, 0.6) is 0 Å². The fraction of sp³-hybridized carbons (Fsp3) is 0.333. The van der Waals surface area contributed by atoms with Crippen LogP contribution in [0.15, 0.2) is 42.6 Å². The fourth-order valence-corrected chi connectivity index (χ4v) is 4.86. The summed E-state index contributed by atoms with van der Waals surface area (Å²) in [6.45, 7) is -2.49. The molecule has 8 nitrogen and oxygen atoms in total. The van der Waals surface area contributed by atoms with Crippen LogP contribution < -0.4 is 15.5 Å². The molecule has 1 fully saturated rings. The first-order valence-corrected chi connectivity index (χ1v) is 10.7. The molecule has 3 heterocycles. The second-order valence-corrected chi connectivity index (χ2v) is 8.65. The lowest BCUT2D eigenvalue weighted by molar-refractivity contribution is -0.136. The molecular formula is C24H22F3N5O3. The maximum absolute atomic E-state index is 13.5. The first-order valence-electron chi connectivity index (χ1n) is 12.2. The number of hydrogen-bond donors (Lipinski definition) is 2. The number of anilines is 3. The van der Waals surface area contributed by atoms with Crippen LogP contribution in [-0.4, -0.2) is 42.6 Å². The molecule has 5 rings (SSSR count). The minimum atomic E-state index is -4.59. The van der Waals surface area contributed by atoms with Crippen molar-refractivity contribution in [2.24, 2.45) is 5.92 Å². The van der Waals surface area contributed by atoms with Gasteiger partial charge in [-0.15, -0.1) is 0 Å². The molecule has 2 amide bonds. The number of hydrogen-bond acceptors (Lipinski definition) is 6. The third-order valence-electron chi connectivity index (χ3n) is 6.53. The van der Waals surface area contributed by atoms with Crippen LogP contribution in [0.3, 0.4) is 0 Å². The predicted molar refractivity (Wildman–Crippen MR) is 122 cm³/mol. The number of methoxy groups -OCH3 is 1. The number of rotatable bonds is 4. The number of ether oxygens (including phenoxy) is 1. The van der Waals surface area contributed by atoms with E-state index in [4.69, 9.17) is 4.11 Å². The highest BCUT2D eigenvalue weighted by Crippen LogP contribution is 2.55. The minimum absolute atomic E-state index is 0.0880. The van der Waals surface area contributed by atoms with Crippen LogP contribution in [0.2, 0.25) is 0 Å². The van der Waals surface area contributed by atoms with Crippen LogP contribution in [0.1, 0.15) is 28.1 Å². The Labute approximate surface area is 202 Å². The van der Waals surface area contributed by atoms with E-state index in [1.54, 1.807) is 0 Å². The summed E-state index contributed by atoms with van der Waals surface area (Å²) in [7, 11) is 1.23. The van der Waals surface area contributed by atoms with Crippen molar-refractivity contribution in [3.05, 3.63) is 53.7 Å². The lowest BCUT2D eigenvalue weighted by atomic mass is 9.59. The molecule has 35 heavy (non-hydrogen) atoms. The van der Waals surface area contributed by atoms with Gasteiger partial charge in [0.25, 0.3) is 0 Å². The van der Waals surface area contributed by atoms with Crippen molar-refractivity contribution in [2.75, 3.05) is 30.8 Å². The van der Waals surface area contributed by atoms with E-state index in [1.165, 1.54) is 43.6 Å². The number of alkyl carbamates (subject to hydrolysis) is 1. The number of aromatic nitrogens is 2. The number of carbonyl (C=O) groups is 2. The third-order valence-corrected chi connectivity index (χ3v) is 6.53. The molecule has 0 unspecified atom stereocenters. The molecule has 0 bridgehead atoms. The molecule has 1 saturated carbocycles. The third kappa shape index (κ3) is 3.80. The summed E-state index contributed by atoms with van der Waals surface area (Å²) in [5, 5.41) is 5.78. The summed E-state index contributed by atoms with van der Waals surface area (Å²) in [4.78, 5) is 33.9. The van der Waals surface area contributed by atoms with Crippen LogP contribution in [-0.2, 0) is 21.1 Å². The van der Waals surface area contributed by atoms with Gasteiger partial charge in [-0.1, -0.05) is 12.1 Å². The quantitative estimate of drug-likeness (QED) is 0.566. The van der Waals surface area contributed by atoms with Gasteiger partial charge in [0, 0.05) is 23.0 Å². The van der Waals surface area contributed by atoms with Gasteiger partial charge >= 0.3 is 12.3 Å². The number of likely N-dealkylation sites (N-methyl/N-ethyl adjacent to an activating group) is 1. The van der Waals surface area contributed by atoms with Gasteiger partial charge in [-0.05, 0) is 48.6 Å². The van der Waals surface area contributed by atoms with Crippen molar-refractivity contribution in [1.82, 2.24) is 15.3 Å². The Morgan fingerprint density at radius 2 is 2.09 bits per heavy atom. The van der Waals surface area contributed by atoms with Crippen molar-refractivity contribution in [3.63, 3.8) is 0 Å². The Bertz CT molecular complexity index is 1440. The summed E-state index contributed by atoms with van der Waals surface area (Å²) in [5.74, 6) is -0.383. The number of nitrogens with zero attached hydrogens (tertiary/aromatic N) is 3. The van der Waals surface area contributed by atoms with Crippen molar-refractivity contribution in [2.45, 2.75) is 24.4 Å². The second-order valence-electron chi connectivity index (χ2n) is 8.65. The van der Waals surface area contributed by atoms with Gasteiger partial charge in [0.15, 0.2) is 0 Å². The van der Waals surface area contributed by atoms with Crippen molar-refractivity contribution in [3.8, 4) is 0 Å². The Morgan fingerprint density at radius 1 is 1.29 bits per heavy atom. The van der Waals surface area contributed by atoms with E-state index in [0.717, 1.165) is 11.0 Å². The molecule has 2 aromatic heterocycles. The zero-order valence-electron chi connectivity index (χ0n) is 21.4. The average Bonchev–Trinajstić information content (AvgIpc) is 3.08. The molecule has 0 atom stereocenters. The zero-order valence-corrected chi connectivity index (χ0v) is 18.4. The number of nitrogens with one attached hydrogen (secondary N) is 2. The Kier molecular flexibility index (Phi) is 4.50. The van der Waals surface area contributed by atoms with Gasteiger partial charge in [0.2, 0.25) is 5.91 Å². The van der Waals surface area contributed by atoms with Gasteiger partial charge in [0.1, 0.15) is 11.6 Å². The molecule has 0 saturated heterocycles. The highest BCUT2D eigenvalue weighted by Gasteiger charge is 2.57. The number of fused-ring (bicyclic) bond motifs is 3. The van der Waals surface area contributed by atoms with E-state index < -0.39 is 36.1 Å². The number of benzene rings is 1. The van der Waals surface area contributed by atoms with Crippen molar-refractivity contribution in [1.29, 1.82) is 0 Å². The summed E-state index contributed by atoms with van der Waals surface area (Å²) in [6, 6.07) is 8.32. The topological polar surface area (TPSA) is 96.5 Å². The molecule has 3 aromatic rings. The Morgan fingerprint density at radius 3 is 2.80 bits per heavy atom. The van der Waals surface area contributed by atoms with E-state index in [9.17, 15) is 22.8 Å². The fourth-order valence-electron chi connectivity index (χ4n) is 4.86. The standard InChI is InChI=1S/C24H22F3N5O3/c1-32-17-12-28-19(8-16(17)23(21(32)33)9-13(10-23)11-29-22(34)35-2)30-18-7-6-14-4-3-5-15(20(14)31-18)24(25,26)27/h3-8,12-13H,9-11H2,1-2H3,(H,29,34)(H,28,30,31)/i1D3. The van der Waals surface area contributed by atoms with Crippen LogP contribution in [0, 0.1) is 5.92 Å². The number of para-hydroxylation sites is 1. The summed E-state index contributed by atoms with van der Waals surface area (Å²) >= 11 is 0. The SMILES string of the molecule is [2H]C([2H])([2H])N1C(=O)C2(CC(CNC(=O)OC)C2)c2cc(Nc3ccc4cccc(C(F)(F)F)c4n3)ncc21. The molecule has 1 spiro atoms. The maximum Gasteiger partial charge on any atom is 0.418 e. The predicted octanol–water partition coefficient (Wildman–Crippen LogP) is 4.37. The summed E-state index contributed by atoms with van der Waals surface area (Å²) < 4.78 is 68.7. The van der Waals surface area contributed by atoms with Crippen LogP contribution in [0.4, 0.5) is 35.3 Å². The highest BCUT2D eigenvalue weighted by atomic mass is 19.4. The zero-order chi connectivity index (χ0) is 27.5. The molecule has 2 aliphatic rings. The van der Waals surface area contributed by atoms with Gasteiger partial charge in [-0.25, -0.2) is 14.8 Å². The molecule has 1 aromatic carbocycles. The van der Waals surface area contributed by atoms with E-state index in [-0.39, 0.29) is 35.3 Å². The largest absolute Gasteiger partial charge is 0.453 e. The molecule has 11 heteroatoms. The maximum atomic E-state index is 13.5. The molecular weight excluding hydrogens is 463 g/mol. The normalized spacial score (nSPS) is 22.7.